The van der Waals surface area contributed by atoms with Gasteiger partial charge in [0.25, 0.3) is 0 Å². The minimum atomic E-state index is -3.48. The smallest absolute Gasteiger partial charge is 0.241 e. The molecule has 1 unspecified atom stereocenters. The van der Waals surface area contributed by atoms with Gasteiger partial charge in [-0.25, -0.2) is 13.1 Å². The quantitative estimate of drug-likeness (QED) is 0.860. The fourth-order valence-corrected chi connectivity index (χ4v) is 4.39. The molecule has 3 N–H and O–H groups in total. The Bertz CT molecular complexity index is 651. The summed E-state index contributed by atoms with van der Waals surface area (Å²) in [5, 5.41) is 1.75. The summed E-state index contributed by atoms with van der Waals surface area (Å²) in [6, 6.07) is 11.4. The Labute approximate surface area is 123 Å². The first-order valence-electron chi connectivity index (χ1n) is 6.35. The lowest BCUT2D eigenvalue weighted by Crippen LogP contribution is -2.28. The summed E-state index contributed by atoms with van der Waals surface area (Å²) >= 11 is 1.36. The molecule has 2 aromatic rings. The molecule has 0 spiro atoms. The third kappa shape index (κ3) is 3.46. The lowest BCUT2D eigenvalue weighted by atomic mass is 10.0. The third-order valence-corrected chi connectivity index (χ3v) is 5.71. The predicted molar refractivity (Wildman–Crippen MR) is 82.3 cm³/mol. The fraction of sp³-hybridized carbons (Fsp3) is 0.286. The van der Waals surface area contributed by atoms with Crippen LogP contribution in [0.2, 0.25) is 0 Å². The molecule has 1 aromatic heterocycles. The summed E-state index contributed by atoms with van der Waals surface area (Å²) in [6.45, 7) is 2.60. The Morgan fingerprint density at radius 2 is 1.95 bits per heavy atom. The molecular formula is C14H18N2O2S2. The van der Waals surface area contributed by atoms with E-state index in [1.54, 1.807) is 11.4 Å². The standard InChI is InChI=1S/C14H18N2O2S2/c1-11(12-5-3-2-4-6-12)10-16-20(17,18)14-7-8-19-13(14)9-15/h2-8,11,16H,9-10,15H2,1H3. The lowest BCUT2D eigenvalue weighted by Gasteiger charge is -2.13. The topological polar surface area (TPSA) is 72.2 Å². The molecule has 4 nitrogen and oxygen atoms in total. The van der Waals surface area contributed by atoms with E-state index in [2.05, 4.69) is 4.72 Å². The van der Waals surface area contributed by atoms with Crippen LogP contribution in [0.5, 0.6) is 0 Å². The summed E-state index contributed by atoms with van der Waals surface area (Å²) in [7, 11) is -3.48. The van der Waals surface area contributed by atoms with Crippen molar-refractivity contribution in [1.82, 2.24) is 4.72 Å². The van der Waals surface area contributed by atoms with Gasteiger partial charge in [-0.1, -0.05) is 37.3 Å². The van der Waals surface area contributed by atoms with Crippen molar-refractivity contribution >= 4 is 21.4 Å². The van der Waals surface area contributed by atoms with Gasteiger partial charge in [-0.2, -0.15) is 0 Å². The van der Waals surface area contributed by atoms with Crippen LogP contribution >= 0.6 is 11.3 Å². The maximum absolute atomic E-state index is 12.2. The van der Waals surface area contributed by atoms with E-state index < -0.39 is 10.0 Å². The molecule has 0 saturated heterocycles. The van der Waals surface area contributed by atoms with E-state index in [1.807, 2.05) is 37.3 Å². The number of sulfonamides is 1. The van der Waals surface area contributed by atoms with E-state index in [0.717, 1.165) is 5.56 Å². The van der Waals surface area contributed by atoms with E-state index in [-0.39, 0.29) is 12.5 Å². The van der Waals surface area contributed by atoms with E-state index >= 15 is 0 Å². The average Bonchev–Trinajstić information content (AvgIpc) is 2.95. The highest BCUT2D eigenvalue weighted by Crippen LogP contribution is 2.22. The zero-order valence-corrected chi connectivity index (χ0v) is 12.9. The summed E-state index contributed by atoms with van der Waals surface area (Å²) in [6.07, 6.45) is 0. The number of rotatable bonds is 6. The van der Waals surface area contributed by atoms with Crippen molar-refractivity contribution in [2.75, 3.05) is 6.54 Å². The third-order valence-electron chi connectivity index (χ3n) is 3.13. The Kier molecular flexibility index (Phi) is 4.93. The van der Waals surface area contributed by atoms with Crippen molar-refractivity contribution in [1.29, 1.82) is 0 Å². The molecule has 1 aromatic carbocycles. The molecule has 0 bridgehead atoms. The van der Waals surface area contributed by atoms with Gasteiger partial charge >= 0.3 is 0 Å². The minimum Gasteiger partial charge on any atom is -0.326 e. The van der Waals surface area contributed by atoms with E-state index in [9.17, 15) is 8.42 Å². The molecule has 108 valence electrons. The van der Waals surface area contributed by atoms with Crippen LogP contribution in [-0.2, 0) is 16.6 Å². The van der Waals surface area contributed by atoms with Crippen LogP contribution in [0.15, 0.2) is 46.7 Å². The number of nitrogens with two attached hydrogens (primary N) is 1. The van der Waals surface area contributed by atoms with Gasteiger partial charge in [0.2, 0.25) is 10.0 Å². The highest BCUT2D eigenvalue weighted by molar-refractivity contribution is 7.89. The number of hydrogen-bond acceptors (Lipinski definition) is 4. The molecule has 20 heavy (non-hydrogen) atoms. The van der Waals surface area contributed by atoms with Crippen molar-refractivity contribution in [3.63, 3.8) is 0 Å². The molecule has 0 fully saturated rings. The SMILES string of the molecule is CC(CNS(=O)(=O)c1ccsc1CN)c1ccccc1. The number of nitrogens with one attached hydrogen (secondary N) is 1. The van der Waals surface area contributed by atoms with Crippen LogP contribution in [0, 0.1) is 0 Å². The second-order valence-electron chi connectivity index (χ2n) is 4.58. The summed E-state index contributed by atoms with van der Waals surface area (Å²) in [5.41, 5.74) is 6.67. The fourth-order valence-electron chi connectivity index (χ4n) is 1.93. The summed E-state index contributed by atoms with van der Waals surface area (Å²) in [5.74, 6) is 0.117. The van der Waals surface area contributed by atoms with Crippen molar-refractivity contribution in [3.05, 3.63) is 52.2 Å². The number of hydrogen-bond donors (Lipinski definition) is 2. The Morgan fingerprint density at radius 1 is 1.25 bits per heavy atom. The molecule has 0 saturated carbocycles. The zero-order valence-electron chi connectivity index (χ0n) is 11.2. The average molecular weight is 310 g/mol. The van der Waals surface area contributed by atoms with Gasteiger partial charge in [0.1, 0.15) is 0 Å². The molecular weight excluding hydrogens is 292 g/mol. The van der Waals surface area contributed by atoms with Gasteiger partial charge in [0.05, 0.1) is 4.90 Å². The molecule has 6 heteroatoms. The molecule has 2 rings (SSSR count). The molecule has 0 aliphatic rings. The van der Waals surface area contributed by atoms with Gasteiger partial charge in [0, 0.05) is 18.0 Å². The summed E-state index contributed by atoms with van der Waals surface area (Å²) < 4.78 is 27.2. The predicted octanol–water partition coefficient (Wildman–Crippen LogP) is 2.29. The molecule has 0 aliphatic carbocycles. The van der Waals surface area contributed by atoms with Crippen molar-refractivity contribution in [3.8, 4) is 0 Å². The van der Waals surface area contributed by atoms with Crippen LogP contribution in [0.25, 0.3) is 0 Å². The van der Waals surface area contributed by atoms with Gasteiger partial charge in [0.15, 0.2) is 0 Å². The number of thiophene rings is 1. The van der Waals surface area contributed by atoms with Gasteiger partial charge in [-0.15, -0.1) is 11.3 Å². The monoisotopic (exact) mass is 310 g/mol. The first-order chi connectivity index (χ1) is 9.54. The molecule has 0 radical (unpaired) electrons. The second kappa shape index (κ2) is 6.49. The highest BCUT2D eigenvalue weighted by Gasteiger charge is 2.19. The van der Waals surface area contributed by atoms with Crippen molar-refractivity contribution in [2.24, 2.45) is 5.73 Å². The Hall–Kier alpha value is -1.21. The van der Waals surface area contributed by atoms with Crippen LogP contribution < -0.4 is 10.5 Å². The van der Waals surface area contributed by atoms with Crippen molar-refractivity contribution in [2.45, 2.75) is 24.3 Å². The molecule has 0 amide bonds. The van der Waals surface area contributed by atoms with Gasteiger partial charge in [-0.05, 0) is 22.9 Å². The molecule has 1 heterocycles. The second-order valence-corrected chi connectivity index (χ2v) is 7.31. The van der Waals surface area contributed by atoms with E-state index in [4.69, 9.17) is 5.73 Å². The van der Waals surface area contributed by atoms with Crippen molar-refractivity contribution < 1.29 is 8.42 Å². The van der Waals surface area contributed by atoms with Crippen LogP contribution in [0.4, 0.5) is 0 Å². The van der Waals surface area contributed by atoms with Crippen LogP contribution in [0.1, 0.15) is 23.3 Å². The van der Waals surface area contributed by atoms with E-state index in [1.165, 1.54) is 11.3 Å². The first kappa shape index (κ1) is 15.2. The Morgan fingerprint density at radius 3 is 2.60 bits per heavy atom. The number of benzene rings is 1. The maximum Gasteiger partial charge on any atom is 0.241 e. The molecule has 1 atom stereocenters. The maximum atomic E-state index is 12.2. The van der Waals surface area contributed by atoms with Crippen LogP contribution in [0.3, 0.4) is 0 Å². The van der Waals surface area contributed by atoms with Gasteiger partial charge < -0.3 is 5.73 Å². The normalized spacial score (nSPS) is 13.3. The van der Waals surface area contributed by atoms with E-state index in [0.29, 0.717) is 16.3 Å². The lowest BCUT2D eigenvalue weighted by molar-refractivity contribution is 0.574. The minimum absolute atomic E-state index is 0.117. The van der Waals surface area contributed by atoms with Crippen LogP contribution in [-0.4, -0.2) is 15.0 Å². The molecule has 0 aliphatic heterocycles. The Balaban J connectivity index is 2.07. The largest absolute Gasteiger partial charge is 0.326 e. The first-order valence-corrected chi connectivity index (χ1v) is 8.72. The highest BCUT2D eigenvalue weighted by atomic mass is 32.2. The summed E-state index contributed by atoms with van der Waals surface area (Å²) in [4.78, 5) is 0.982. The van der Waals surface area contributed by atoms with Gasteiger partial charge in [-0.3, -0.25) is 0 Å². The zero-order chi connectivity index (χ0) is 14.6.